The molecule has 1 heterocycles. The van der Waals surface area contributed by atoms with Gasteiger partial charge in [-0.05, 0) is 30.2 Å². The molecule has 1 aromatic carbocycles. The number of hydrogen-bond acceptors (Lipinski definition) is 2. The van der Waals surface area contributed by atoms with Gasteiger partial charge in [0.15, 0.2) is 0 Å². The summed E-state index contributed by atoms with van der Waals surface area (Å²) >= 11 is 5.83. The van der Waals surface area contributed by atoms with Gasteiger partial charge in [-0.25, -0.2) is 0 Å². The molecule has 1 saturated heterocycles. The number of benzene rings is 1. The Hall–Kier alpha value is -1.06. The highest BCUT2D eigenvalue weighted by Gasteiger charge is 2.25. The Bertz CT molecular complexity index is 416. The Morgan fingerprint density at radius 3 is 2.67 bits per heavy atom. The SMILES string of the molecule is CC(C)C1CN(C(=O)c2ccc(Cl)cc2)CCN1. The minimum Gasteiger partial charge on any atom is -0.336 e. The fourth-order valence-corrected chi connectivity index (χ4v) is 2.31. The molecule has 1 fully saturated rings. The number of nitrogens with zero attached hydrogens (tertiary/aromatic N) is 1. The first kappa shape index (κ1) is 13.4. The molecule has 0 radical (unpaired) electrons. The van der Waals surface area contributed by atoms with Crippen LogP contribution in [-0.4, -0.2) is 36.5 Å². The topological polar surface area (TPSA) is 32.3 Å². The van der Waals surface area contributed by atoms with Crippen LogP contribution in [0, 0.1) is 5.92 Å². The Morgan fingerprint density at radius 1 is 1.39 bits per heavy atom. The lowest BCUT2D eigenvalue weighted by atomic mass is 10.0. The van der Waals surface area contributed by atoms with Crippen LogP contribution in [-0.2, 0) is 0 Å². The lowest BCUT2D eigenvalue weighted by Crippen LogP contribution is -2.54. The largest absolute Gasteiger partial charge is 0.336 e. The normalized spacial score (nSPS) is 20.2. The first-order chi connectivity index (χ1) is 8.58. The van der Waals surface area contributed by atoms with E-state index in [1.165, 1.54) is 0 Å². The van der Waals surface area contributed by atoms with Crippen LogP contribution in [0.4, 0.5) is 0 Å². The molecule has 1 amide bonds. The van der Waals surface area contributed by atoms with Crippen molar-refractivity contribution in [2.45, 2.75) is 19.9 Å². The molecule has 0 saturated carbocycles. The van der Waals surface area contributed by atoms with E-state index < -0.39 is 0 Å². The molecule has 0 bridgehead atoms. The van der Waals surface area contributed by atoms with Crippen molar-refractivity contribution in [1.82, 2.24) is 10.2 Å². The number of carbonyl (C=O) groups is 1. The summed E-state index contributed by atoms with van der Waals surface area (Å²) in [7, 11) is 0. The van der Waals surface area contributed by atoms with Gasteiger partial charge in [0.05, 0.1) is 0 Å². The number of nitrogens with one attached hydrogen (secondary N) is 1. The summed E-state index contributed by atoms with van der Waals surface area (Å²) in [4.78, 5) is 14.3. The van der Waals surface area contributed by atoms with E-state index in [0.717, 1.165) is 19.6 Å². The summed E-state index contributed by atoms with van der Waals surface area (Å²) in [6.45, 7) is 6.76. The zero-order valence-electron chi connectivity index (χ0n) is 10.8. The molecule has 1 aromatic rings. The lowest BCUT2D eigenvalue weighted by molar-refractivity contribution is 0.0684. The van der Waals surface area contributed by atoms with Gasteiger partial charge in [0.2, 0.25) is 0 Å². The highest BCUT2D eigenvalue weighted by molar-refractivity contribution is 6.30. The zero-order chi connectivity index (χ0) is 13.1. The lowest BCUT2D eigenvalue weighted by Gasteiger charge is -2.35. The van der Waals surface area contributed by atoms with Gasteiger partial charge in [0, 0.05) is 36.3 Å². The van der Waals surface area contributed by atoms with Gasteiger partial charge >= 0.3 is 0 Å². The van der Waals surface area contributed by atoms with Gasteiger partial charge in [-0.1, -0.05) is 25.4 Å². The number of rotatable bonds is 2. The number of amides is 1. The first-order valence-electron chi connectivity index (χ1n) is 6.36. The van der Waals surface area contributed by atoms with E-state index in [9.17, 15) is 4.79 Å². The Labute approximate surface area is 113 Å². The summed E-state index contributed by atoms with van der Waals surface area (Å²) in [6.07, 6.45) is 0. The van der Waals surface area contributed by atoms with Gasteiger partial charge in [0.25, 0.3) is 5.91 Å². The second kappa shape index (κ2) is 5.72. The molecule has 98 valence electrons. The van der Waals surface area contributed by atoms with Crippen LogP contribution in [0.1, 0.15) is 24.2 Å². The molecule has 0 aliphatic carbocycles. The van der Waals surface area contributed by atoms with Crippen LogP contribution in [0.15, 0.2) is 24.3 Å². The second-order valence-corrected chi connectivity index (χ2v) is 5.50. The zero-order valence-corrected chi connectivity index (χ0v) is 11.6. The average molecular weight is 267 g/mol. The molecule has 18 heavy (non-hydrogen) atoms. The third kappa shape index (κ3) is 3.03. The predicted octanol–water partition coefficient (Wildman–Crippen LogP) is 2.41. The minimum atomic E-state index is 0.0961. The molecule has 1 aliphatic rings. The van der Waals surface area contributed by atoms with Crippen molar-refractivity contribution in [1.29, 1.82) is 0 Å². The van der Waals surface area contributed by atoms with Crippen molar-refractivity contribution >= 4 is 17.5 Å². The van der Waals surface area contributed by atoms with E-state index in [2.05, 4.69) is 19.2 Å². The number of hydrogen-bond donors (Lipinski definition) is 1. The summed E-state index contributed by atoms with van der Waals surface area (Å²) < 4.78 is 0. The molecule has 0 aromatic heterocycles. The standard InChI is InChI=1S/C14H19ClN2O/c1-10(2)13-9-17(8-7-16-13)14(18)11-3-5-12(15)6-4-11/h3-6,10,13,16H,7-9H2,1-2H3. The summed E-state index contributed by atoms with van der Waals surface area (Å²) in [5.74, 6) is 0.629. The molecule has 4 heteroatoms. The maximum absolute atomic E-state index is 12.3. The van der Waals surface area contributed by atoms with E-state index in [1.807, 2.05) is 4.90 Å². The highest BCUT2D eigenvalue weighted by atomic mass is 35.5. The van der Waals surface area contributed by atoms with Crippen LogP contribution in [0.5, 0.6) is 0 Å². The van der Waals surface area contributed by atoms with E-state index in [1.54, 1.807) is 24.3 Å². The second-order valence-electron chi connectivity index (χ2n) is 5.06. The Kier molecular flexibility index (Phi) is 4.25. The Morgan fingerprint density at radius 2 is 2.06 bits per heavy atom. The highest BCUT2D eigenvalue weighted by Crippen LogP contribution is 2.14. The number of carbonyl (C=O) groups excluding carboxylic acids is 1. The molecular weight excluding hydrogens is 248 g/mol. The van der Waals surface area contributed by atoms with Gasteiger partial charge in [-0.3, -0.25) is 4.79 Å². The number of piperazine rings is 1. The van der Waals surface area contributed by atoms with Crippen molar-refractivity contribution in [2.24, 2.45) is 5.92 Å². The summed E-state index contributed by atoms with van der Waals surface area (Å²) in [5, 5.41) is 4.11. The van der Waals surface area contributed by atoms with Crippen molar-refractivity contribution in [3.05, 3.63) is 34.9 Å². The minimum absolute atomic E-state index is 0.0961. The predicted molar refractivity (Wildman–Crippen MR) is 74.0 cm³/mol. The monoisotopic (exact) mass is 266 g/mol. The van der Waals surface area contributed by atoms with E-state index in [-0.39, 0.29) is 5.91 Å². The first-order valence-corrected chi connectivity index (χ1v) is 6.74. The van der Waals surface area contributed by atoms with E-state index >= 15 is 0 Å². The van der Waals surface area contributed by atoms with Crippen molar-refractivity contribution < 1.29 is 4.79 Å². The molecule has 0 spiro atoms. The van der Waals surface area contributed by atoms with E-state index in [0.29, 0.717) is 22.5 Å². The van der Waals surface area contributed by atoms with Crippen LogP contribution < -0.4 is 5.32 Å². The molecule has 3 nitrogen and oxygen atoms in total. The van der Waals surface area contributed by atoms with Crippen molar-refractivity contribution in [3.63, 3.8) is 0 Å². The molecule has 1 unspecified atom stereocenters. The average Bonchev–Trinajstić information content (AvgIpc) is 2.39. The molecule has 2 rings (SSSR count). The third-order valence-corrected chi connectivity index (χ3v) is 3.64. The van der Waals surface area contributed by atoms with Gasteiger partial charge in [-0.2, -0.15) is 0 Å². The smallest absolute Gasteiger partial charge is 0.253 e. The van der Waals surface area contributed by atoms with Gasteiger partial charge < -0.3 is 10.2 Å². The maximum Gasteiger partial charge on any atom is 0.253 e. The summed E-state index contributed by atoms with van der Waals surface area (Å²) in [6, 6.07) is 7.48. The van der Waals surface area contributed by atoms with Gasteiger partial charge in [0.1, 0.15) is 0 Å². The number of halogens is 1. The molecule has 1 atom stereocenters. The molecule has 1 N–H and O–H groups in total. The van der Waals surface area contributed by atoms with Crippen LogP contribution in [0.2, 0.25) is 5.02 Å². The van der Waals surface area contributed by atoms with Crippen LogP contribution in [0.3, 0.4) is 0 Å². The van der Waals surface area contributed by atoms with Crippen LogP contribution in [0.25, 0.3) is 0 Å². The maximum atomic E-state index is 12.3. The molecular formula is C14H19ClN2O. The van der Waals surface area contributed by atoms with Crippen molar-refractivity contribution in [2.75, 3.05) is 19.6 Å². The van der Waals surface area contributed by atoms with Crippen LogP contribution >= 0.6 is 11.6 Å². The Balaban J connectivity index is 2.06. The van der Waals surface area contributed by atoms with E-state index in [4.69, 9.17) is 11.6 Å². The van der Waals surface area contributed by atoms with Gasteiger partial charge in [-0.15, -0.1) is 0 Å². The quantitative estimate of drug-likeness (QED) is 0.892. The van der Waals surface area contributed by atoms with Crippen molar-refractivity contribution in [3.8, 4) is 0 Å². The fraction of sp³-hybridized carbons (Fsp3) is 0.500. The fourth-order valence-electron chi connectivity index (χ4n) is 2.18. The summed E-state index contributed by atoms with van der Waals surface area (Å²) in [5.41, 5.74) is 0.712. The molecule has 1 aliphatic heterocycles. The third-order valence-electron chi connectivity index (χ3n) is 3.39.